The van der Waals surface area contributed by atoms with Crippen LogP contribution in [0.4, 0.5) is 11.6 Å². The monoisotopic (exact) mass is 515 g/mol. The highest BCUT2D eigenvalue weighted by molar-refractivity contribution is 5.97. The molecule has 2 aliphatic rings. The van der Waals surface area contributed by atoms with Crippen LogP contribution in [0.2, 0.25) is 0 Å². The molecule has 1 aliphatic carbocycles. The number of nitrogens with zero attached hydrogens (tertiary/aromatic N) is 2. The summed E-state index contributed by atoms with van der Waals surface area (Å²) in [6.07, 6.45) is 1.72. The largest absolute Gasteiger partial charge is 0.497 e. The number of hydrogen-bond acceptors (Lipinski definition) is 8. The lowest BCUT2D eigenvalue weighted by Crippen LogP contribution is -2.37. The van der Waals surface area contributed by atoms with Crippen LogP contribution in [0.25, 0.3) is 0 Å². The van der Waals surface area contributed by atoms with E-state index >= 15 is 0 Å². The van der Waals surface area contributed by atoms with E-state index in [1.54, 1.807) is 42.7 Å². The predicted octanol–water partition coefficient (Wildman–Crippen LogP) is 3.74. The number of carbonyl (C=O) groups excluding carboxylic acids is 2. The van der Waals surface area contributed by atoms with E-state index in [2.05, 4.69) is 21.2 Å². The number of anilines is 2. The van der Waals surface area contributed by atoms with Gasteiger partial charge in [0.1, 0.15) is 11.6 Å². The number of nitrogens with one attached hydrogen (secondary N) is 3. The molecule has 3 N–H and O–H groups in total. The molecule has 3 aromatic rings. The van der Waals surface area contributed by atoms with Crippen LogP contribution in [0.1, 0.15) is 60.1 Å². The molecule has 1 aliphatic heterocycles. The first kappa shape index (κ1) is 25.1. The van der Waals surface area contributed by atoms with Crippen molar-refractivity contribution in [3.05, 3.63) is 93.0 Å². The minimum Gasteiger partial charge on any atom is -0.497 e. The first-order valence-electron chi connectivity index (χ1n) is 12.5. The zero-order chi connectivity index (χ0) is 26.8. The van der Waals surface area contributed by atoms with Crippen molar-refractivity contribution in [1.29, 1.82) is 0 Å². The van der Waals surface area contributed by atoms with Gasteiger partial charge in [0.2, 0.25) is 0 Å². The number of carbonyl (C=O) groups is 2. The molecule has 1 saturated carbocycles. The molecule has 1 atom stereocenters. The van der Waals surface area contributed by atoms with Crippen molar-refractivity contribution in [1.82, 2.24) is 15.0 Å². The maximum absolute atomic E-state index is 13.2. The summed E-state index contributed by atoms with van der Waals surface area (Å²) in [6, 6.07) is 16.2. The molecule has 0 unspecified atom stereocenters. The van der Waals surface area contributed by atoms with Gasteiger partial charge >= 0.3 is 11.7 Å². The lowest BCUT2D eigenvalue weighted by atomic mass is 9.82. The van der Waals surface area contributed by atoms with Gasteiger partial charge in [-0.1, -0.05) is 36.4 Å². The molecule has 1 amide bonds. The summed E-state index contributed by atoms with van der Waals surface area (Å²) < 4.78 is 12.3. The number of aromatic nitrogens is 2. The van der Waals surface area contributed by atoms with Crippen molar-refractivity contribution in [3.8, 4) is 5.75 Å². The third kappa shape index (κ3) is 4.72. The van der Waals surface area contributed by atoms with Gasteiger partial charge in [0, 0.05) is 22.9 Å². The minimum absolute atomic E-state index is 0.0186. The van der Waals surface area contributed by atoms with Crippen molar-refractivity contribution in [2.75, 3.05) is 24.5 Å². The van der Waals surface area contributed by atoms with Crippen LogP contribution in [0, 0.1) is 0 Å². The van der Waals surface area contributed by atoms with Crippen molar-refractivity contribution in [3.63, 3.8) is 0 Å². The summed E-state index contributed by atoms with van der Waals surface area (Å²) in [7, 11) is 1.52. The fraction of sp³-hybridized carbons (Fsp3) is 0.286. The van der Waals surface area contributed by atoms with Crippen molar-refractivity contribution >= 4 is 23.5 Å². The number of methoxy groups -OCH3 is 1. The molecule has 38 heavy (non-hydrogen) atoms. The normalized spacial score (nSPS) is 16.2. The van der Waals surface area contributed by atoms with E-state index in [0.717, 1.165) is 18.4 Å². The van der Waals surface area contributed by atoms with Gasteiger partial charge in [0.05, 0.1) is 25.2 Å². The molecular weight excluding hydrogens is 486 g/mol. The van der Waals surface area contributed by atoms with Gasteiger partial charge in [0.25, 0.3) is 5.91 Å². The van der Waals surface area contributed by atoms with E-state index in [1.165, 1.54) is 7.11 Å². The fourth-order valence-electron chi connectivity index (χ4n) is 4.73. The zero-order valence-corrected chi connectivity index (χ0v) is 21.4. The molecule has 5 rings (SSSR count). The number of fused-ring (bicyclic) bond motifs is 1. The Kier molecular flexibility index (Phi) is 6.87. The van der Waals surface area contributed by atoms with Crippen LogP contribution in [-0.2, 0) is 9.53 Å². The molecule has 1 fully saturated rings. The van der Waals surface area contributed by atoms with Crippen LogP contribution in [0.5, 0.6) is 5.75 Å². The van der Waals surface area contributed by atoms with E-state index in [4.69, 9.17) is 9.47 Å². The van der Waals surface area contributed by atoms with Gasteiger partial charge in [-0.2, -0.15) is 4.98 Å². The first-order chi connectivity index (χ1) is 18.4. The highest BCUT2D eigenvalue weighted by Crippen LogP contribution is 2.47. The van der Waals surface area contributed by atoms with Crippen molar-refractivity contribution < 1.29 is 19.1 Å². The Morgan fingerprint density at radius 2 is 1.89 bits per heavy atom. The standard InChI is InChI=1S/C28H29N5O5/c1-4-38-27(35)21-16(2)29-25-23(22(21)17-9-6-5-7-10-17)24(30-28(36)33(25)19-13-14-19)31-32-26(34)18-11-8-12-20(15-18)37-3/h5-12,15,19,22,29H,4,13-14H2,1-3H3,(H,32,34)(H,30,31,36)/t22-/m1/s1. The third-order valence-corrected chi connectivity index (χ3v) is 6.62. The topological polar surface area (TPSA) is 124 Å². The van der Waals surface area contributed by atoms with Gasteiger partial charge < -0.3 is 14.8 Å². The maximum atomic E-state index is 13.2. The maximum Gasteiger partial charge on any atom is 0.351 e. The summed E-state index contributed by atoms with van der Waals surface area (Å²) in [5.74, 6) is -0.274. The Hall–Kier alpha value is -4.60. The van der Waals surface area contributed by atoms with Gasteiger partial charge in [0.15, 0.2) is 5.82 Å². The molecule has 0 saturated heterocycles. The second-order valence-electron chi connectivity index (χ2n) is 9.15. The third-order valence-electron chi connectivity index (χ3n) is 6.62. The molecule has 0 spiro atoms. The number of hydrogen-bond donors (Lipinski definition) is 3. The molecule has 0 radical (unpaired) electrons. The summed E-state index contributed by atoms with van der Waals surface area (Å²) in [5, 5.41) is 3.29. The molecule has 1 aromatic heterocycles. The number of rotatable bonds is 8. The number of allylic oxidation sites excluding steroid dienone is 1. The molecule has 2 heterocycles. The van der Waals surface area contributed by atoms with E-state index in [0.29, 0.717) is 34.0 Å². The number of ether oxygens (including phenoxy) is 2. The van der Waals surface area contributed by atoms with Crippen LogP contribution >= 0.6 is 0 Å². The van der Waals surface area contributed by atoms with Gasteiger partial charge in [-0.05, 0) is 50.5 Å². The van der Waals surface area contributed by atoms with Crippen molar-refractivity contribution in [2.45, 2.75) is 38.6 Å². The molecule has 0 bridgehead atoms. The van der Waals surface area contributed by atoms with E-state index in [1.807, 2.05) is 30.3 Å². The van der Waals surface area contributed by atoms with E-state index in [9.17, 15) is 14.4 Å². The predicted molar refractivity (Wildman–Crippen MR) is 142 cm³/mol. The summed E-state index contributed by atoms with van der Waals surface area (Å²) >= 11 is 0. The first-order valence-corrected chi connectivity index (χ1v) is 12.5. The quantitative estimate of drug-likeness (QED) is 0.306. The highest BCUT2D eigenvalue weighted by atomic mass is 16.5. The lowest BCUT2D eigenvalue weighted by Gasteiger charge is -2.33. The summed E-state index contributed by atoms with van der Waals surface area (Å²) in [4.78, 5) is 43.7. The summed E-state index contributed by atoms with van der Waals surface area (Å²) in [5.41, 5.74) is 7.82. The number of esters is 1. The van der Waals surface area contributed by atoms with E-state index < -0.39 is 23.5 Å². The Balaban J connectivity index is 1.62. The molecule has 10 heteroatoms. The van der Waals surface area contributed by atoms with Crippen LogP contribution in [0.15, 0.2) is 70.7 Å². The zero-order valence-electron chi connectivity index (χ0n) is 21.4. The number of amides is 1. The SMILES string of the molecule is CCOC(=O)C1=C(C)Nc2c(c(NNC(=O)c3cccc(OC)c3)nc(=O)n2C2CC2)[C@@H]1c1ccccc1. The average molecular weight is 516 g/mol. The smallest absolute Gasteiger partial charge is 0.351 e. The second kappa shape index (κ2) is 10.4. The van der Waals surface area contributed by atoms with E-state index in [-0.39, 0.29) is 18.5 Å². The molecular formula is C28H29N5O5. The second-order valence-corrected chi connectivity index (χ2v) is 9.15. The fourth-order valence-corrected chi connectivity index (χ4v) is 4.73. The number of benzene rings is 2. The van der Waals surface area contributed by atoms with Gasteiger partial charge in [-0.15, -0.1) is 0 Å². The van der Waals surface area contributed by atoms with Gasteiger partial charge in [-0.25, -0.2) is 9.59 Å². The van der Waals surface area contributed by atoms with Gasteiger partial charge in [-0.3, -0.25) is 20.2 Å². The minimum atomic E-state index is -0.596. The molecule has 2 aromatic carbocycles. The highest BCUT2D eigenvalue weighted by Gasteiger charge is 2.40. The summed E-state index contributed by atoms with van der Waals surface area (Å²) in [6.45, 7) is 3.76. The Morgan fingerprint density at radius 1 is 1.13 bits per heavy atom. The average Bonchev–Trinajstić information content (AvgIpc) is 3.76. The molecule has 196 valence electrons. The Bertz CT molecular complexity index is 1480. The Labute approximate surface area is 219 Å². The van der Waals surface area contributed by atoms with Crippen LogP contribution in [-0.4, -0.2) is 35.1 Å². The lowest BCUT2D eigenvalue weighted by molar-refractivity contribution is -0.138. The number of hydrazine groups is 1. The van der Waals surface area contributed by atoms with Crippen LogP contribution in [0.3, 0.4) is 0 Å². The molecule has 10 nitrogen and oxygen atoms in total. The Morgan fingerprint density at radius 3 is 2.58 bits per heavy atom. The van der Waals surface area contributed by atoms with Crippen molar-refractivity contribution in [2.24, 2.45) is 0 Å². The van der Waals surface area contributed by atoms with Crippen LogP contribution < -0.4 is 26.6 Å².